The predicted molar refractivity (Wildman–Crippen MR) is 42.8 cm³/mol. The molecule has 2 heterocycles. The number of carbonyl (C=O) groups excluding carboxylic acids is 3. The van der Waals surface area contributed by atoms with Gasteiger partial charge in [-0.15, -0.1) is 0 Å². The molecule has 8 heteroatoms. The van der Waals surface area contributed by atoms with Gasteiger partial charge in [-0.1, -0.05) is 0 Å². The fourth-order valence-electron chi connectivity index (χ4n) is 1.99. The van der Waals surface area contributed by atoms with E-state index in [1.807, 2.05) is 5.32 Å². The molecule has 0 bridgehead atoms. The van der Waals surface area contributed by atoms with Crippen LogP contribution in [0.5, 0.6) is 0 Å². The van der Waals surface area contributed by atoms with E-state index in [-0.39, 0.29) is 13.1 Å². The van der Waals surface area contributed by atoms with Crippen LogP contribution in [0.1, 0.15) is 0 Å². The van der Waals surface area contributed by atoms with Crippen LogP contribution in [0.3, 0.4) is 0 Å². The molecule has 0 aromatic rings. The first-order valence-electron chi connectivity index (χ1n) is 4.51. The van der Waals surface area contributed by atoms with Gasteiger partial charge in [0.25, 0.3) is 0 Å². The number of alkyl halides is 3. The third-order valence-electron chi connectivity index (χ3n) is 2.77. The highest BCUT2D eigenvalue weighted by molar-refractivity contribution is 6.06. The van der Waals surface area contributed by atoms with Gasteiger partial charge in [0, 0.05) is 13.1 Å². The first-order valence-corrected chi connectivity index (χ1v) is 4.51. The minimum Gasteiger partial charge on any atom is -0.333 e. The number of carbonyl (C=O) groups is 3. The third-order valence-corrected chi connectivity index (χ3v) is 2.77. The number of imide groups is 1. The highest BCUT2D eigenvalue weighted by atomic mass is 19.4. The van der Waals surface area contributed by atoms with Crippen LogP contribution in [-0.4, -0.2) is 41.9 Å². The Kier molecular flexibility index (Phi) is 2.18. The van der Waals surface area contributed by atoms with E-state index in [1.165, 1.54) is 0 Å². The van der Waals surface area contributed by atoms with E-state index in [4.69, 9.17) is 0 Å². The molecule has 88 valence electrons. The standard InChI is InChI=1S/C8H7F3N2O3/c9-8(10,11)7(16)13-1-3-4(2-13)6(15)12-5(3)14/h3-4H,1-2H2,(H,12,14,15). The Hall–Kier alpha value is -1.60. The minimum absolute atomic E-state index is 0.347. The number of halogens is 3. The molecule has 1 N–H and O–H groups in total. The summed E-state index contributed by atoms with van der Waals surface area (Å²) in [5.74, 6) is -4.87. The quantitative estimate of drug-likeness (QED) is 0.564. The summed E-state index contributed by atoms with van der Waals surface area (Å²) in [5, 5.41) is 2.02. The molecule has 2 aliphatic heterocycles. The van der Waals surface area contributed by atoms with Crippen molar-refractivity contribution in [2.24, 2.45) is 11.8 Å². The average Bonchev–Trinajstić information content (AvgIpc) is 2.67. The van der Waals surface area contributed by atoms with Crippen molar-refractivity contribution < 1.29 is 27.6 Å². The first-order chi connectivity index (χ1) is 7.30. The topological polar surface area (TPSA) is 66.5 Å². The number of nitrogens with one attached hydrogen (secondary N) is 1. The van der Waals surface area contributed by atoms with E-state index in [0.29, 0.717) is 4.90 Å². The maximum atomic E-state index is 12.1. The Labute approximate surface area is 87.6 Å². The number of nitrogens with zero attached hydrogens (tertiary/aromatic N) is 1. The Morgan fingerprint density at radius 3 is 2.00 bits per heavy atom. The molecule has 5 nitrogen and oxygen atoms in total. The molecule has 0 spiro atoms. The van der Waals surface area contributed by atoms with Gasteiger partial charge in [-0.2, -0.15) is 13.2 Å². The van der Waals surface area contributed by atoms with Crippen molar-refractivity contribution in [1.29, 1.82) is 0 Å². The van der Waals surface area contributed by atoms with Crippen molar-refractivity contribution in [1.82, 2.24) is 10.2 Å². The maximum absolute atomic E-state index is 12.1. The number of rotatable bonds is 0. The number of amides is 3. The number of likely N-dealkylation sites (tertiary alicyclic amines) is 1. The molecular formula is C8H7F3N2O3. The zero-order valence-corrected chi connectivity index (χ0v) is 7.87. The summed E-state index contributed by atoms with van der Waals surface area (Å²) in [4.78, 5) is 33.6. The highest BCUT2D eigenvalue weighted by Gasteiger charge is 2.53. The van der Waals surface area contributed by atoms with E-state index in [0.717, 1.165) is 0 Å². The molecule has 16 heavy (non-hydrogen) atoms. The summed E-state index contributed by atoms with van der Waals surface area (Å²) < 4.78 is 36.3. The van der Waals surface area contributed by atoms with Crippen LogP contribution in [0.15, 0.2) is 0 Å². The Bertz CT molecular complexity index is 357. The van der Waals surface area contributed by atoms with Gasteiger partial charge in [0.2, 0.25) is 11.8 Å². The molecule has 2 rings (SSSR count). The number of hydrogen-bond donors (Lipinski definition) is 1. The number of hydrogen-bond acceptors (Lipinski definition) is 3. The zero-order valence-electron chi connectivity index (χ0n) is 7.87. The number of fused-ring (bicyclic) bond motifs is 1. The third kappa shape index (κ3) is 1.54. The summed E-state index contributed by atoms with van der Waals surface area (Å²) >= 11 is 0. The molecule has 2 aliphatic rings. The second kappa shape index (κ2) is 3.19. The van der Waals surface area contributed by atoms with E-state index < -0.39 is 35.7 Å². The highest BCUT2D eigenvalue weighted by Crippen LogP contribution is 2.31. The molecule has 2 saturated heterocycles. The van der Waals surface area contributed by atoms with E-state index >= 15 is 0 Å². The van der Waals surface area contributed by atoms with Crippen molar-refractivity contribution in [3.8, 4) is 0 Å². The molecule has 2 unspecified atom stereocenters. The maximum Gasteiger partial charge on any atom is 0.471 e. The van der Waals surface area contributed by atoms with Gasteiger partial charge in [0.15, 0.2) is 0 Å². The van der Waals surface area contributed by atoms with E-state index in [2.05, 4.69) is 0 Å². The van der Waals surface area contributed by atoms with Crippen molar-refractivity contribution in [3.05, 3.63) is 0 Å². The van der Waals surface area contributed by atoms with Crippen molar-refractivity contribution in [3.63, 3.8) is 0 Å². The van der Waals surface area contributed by atoms with Crippen molar-refractivity contribution in [2.45, 2.75) is 6.18 Å². The van der Waals surface area contributed by atoms with Crippen LogP contribution < -0.4 is 5.32 Å². The van der Waals surface area contributed by atoms with Gasteiger partial charge in [-0.3, -0.25) is 19.7 Å². The fraction of sp³-hybridized carbons (Fsp3) is 0.625. The first kappa shape index (κ1) is 10.9. The van der Waals surface area contributed by atoms with Gasteiger partial charge in [-0.05, 0) is 0 Å². The Balaban J connectivity index is 2.13. The molecule has 0 aromatic heterocycles. The van der Waals surface area contributed by atoms with Crippen LogP contribution in [0.25, 0.3) is 0 Å². The molecule has 0 saturated carbocycles. The smallest absolute Gasteiger partial charge is 0.333 e. The summed E-state index contributed by atoms with van der Waals surface area (Å²) in [6.45, 7) is -0.693. The van der Waals surface area contributed by atoms with Crippen LogP contribution in [0.4, 0.5) is 13.2 Å². The average molecular weight is 236 g/mol. The minimum atomic E-state index is -4.96. The molecule has 0 aromatic carbocycles. The monoisotopic (exact) mass is 236 g/mol. The molecular weight excluding hydrogens is 229 g/mol. The fourth-order valence-corrected chi connectivity index (χ4v) is 1.99. The van der Waals surface area contributed by atoms with Crippen LogP contribution >= 0.6 is 0 Å². The summed E-state index contributed by atoms with van der Waals surface area (Å²) in [6.07, 6.45) is -4.96. The van der Waals surface area contributed by atoms with Crippen LogP contribution in [-0.2, 0) is 14.4 Å². The lowest BCUT2D eigenvalue weighted by Gasteiger charge is -2.18. The normalized spacial score (nSPS) is 29.3. The van der Waals surface area contributed by atoms with Crippen molar-refractivity contribution >= 4 is 17.7 Å². The van der Waals surface area contributed by atoms with Gasteiger partial charge in [0.1, 0.15) is 0 Å². The van der Waals surface area contributed by atoms with E-state index in [9.17, 15) is 27.6 Å². The SMILES string of the molecule is O=C1NC(=O)C2CN(C(=O)C(F)(F)F)CC12. The largest absolute Gasteiger partial charge is 0.471 e. The van der Waals surface area contributed by atoms with Gasteiger partial charge in [0.05, 0.1) is 11.8 Å². The lowest BCUT2D eigenvalue weighted by molar-refractivity contribution is -0.184. The second-order valence-corrected chi connectivity index (χ2v) is 3.77. The molecule has 0 aliphatic carbocycles. The van der Waals surface area contributed by atoms with Gasteiger partial charge in [-0.25, -0.2) is 0 Å². The van der Waals surface area contributed by atoms with Crippen LogP contribution in [0.2, 0.25) is 0 Å². The summed E-state index contributed by atoms with van der Waals surface area (Å²) in [5.41, 5.74) is 0. The molecule has 2 atom stereocenters. The lowest BCUT2D eigenvalue weighted by atomic mass is 10.00. The Morgan fingerprint density at radius 1 is 1.19 bits per heavy atom. The van der Waals surface area contributed by atoms with Gasteiger partial charge >= 0.3 is 12.1 Å². The van der Waals surface area contributed by atoms with Gasteiger partial charge < -0.3 is 4.90 Å². The Morgan fingerprint density at radius 2 is 1.62 bits per heavy atom. The van der Waals surface area contributed by atoms with E-state index in [1.54, 1.807) is 0 Å². The summed E-state index contributed by atoms with van der Waals surface area (Å²) in [7, 11) is 0. The second-order valence-electron chi connectivity index (χ2n) is 3.77. The zero-order chi connectivity index (χ0) is 12.1. The molecule has 0 radical (unpaired) electrons. The molecule has 2 fully saturated rings. The summed E-state index contributed by atoms with van der Waals surface area (Å²) in [6, 6.07) is 0. The van der Waals surface area contributed by atoms with Crippen LogP contribution in [0, 0.1) is 11.8 Å². The molecule has 3 amide bonds. The van der Waals surface area contributed by atoms with Crippen molar-refractivity contribution in [2.75, 3.05) is 13.1 Å². The lowest BCUT2D eigenvalue weighted by Crippen LogP contribution is -2.42. The predicted octanol–water partition coefficient (Wildman–Crippen LogP) is -0.720.